The quantitative estimate of drug-likeness (QED) is 0.831. The van der Waals surface area contributed by atoms with Crippen LogP contribution in [0.5, 0.6) is 0 Å². The van der Waals surface area contributed by atoms with Gasteiger partial charge in [0, 0.05) is 19.1 Å². The molecule has 0 amide bonds. The van der Waals surface area contributed by atoms with E-state index in [4.69, 9.17) is 0 Å². The standard InChI is InChI=1S/C15H30N2O/c1-16-10-6-9-14(11-16)17(2)12-15(18)13-7-4-3-5-8-13/h13-15,18H,3-12H2,1-2H3. The molecule has 1 heterocycles. The molecule has 0 aromatic carbocycles. The van der Waals surface area contributed by atoms with Crippen molar-refractivity contribution in [3.63, 3.8) is 0 Å². The summed E-state index contributed by atoms with van der Waals surface area (Å²) in [7, 11) is 4.40. The van der Waals surface area contributed by atoms with Crippen LogP contribution < -0.4 is 0 Å². The first-order valence-electron chi connectivity index (χ1n) is 7.73. The Balaban J connectivity index is 1.76. The van der Waals surface area contributed by atoms with E-state index in [1.165, 1.54) is 51.5 Å². The van der Waals surface area contributed by atoms with Gasteiger partial charge < -0.3 is 10.0 Å². The van der Waals surface area contributed by atoms with E-state index in [0.717, 1.165) is 13.1 Å². The first kappa shape index (κ1) is 14.3. The monoisotopic (exact) mass is 254 g/mol. The highest BCUT2D eigenvalue weighted by molar-refractivity contribution is 4.81. The van der Waals surface area contributed by atoms with Gasteiger partial charge in [-0.25, -0.2) is 0 Å². The fraction of sp³-hybridized carbons (Fsp3) is 1.00. The molecule has 2 atom stereocenters. The molecular formula is C15H30N2O. The molecule has 106 valence electrons. The molecule has 1 saturated carbocycles. The second kappa shape index (κ2) is 6.88. The average molecular weight is 254 g/mol. The van der Waals surface area contributed by atoms with Crippen LogP contribution >= 0.6 is 0 Å². The van der Waals surface area contributed by atoms with Crippen LogP contribution in [0.4, 0.5) is 0 Å². The third-order valence-electron chi connectivity index (χ3n) is 4.89. The lowest BCUT2D eigenvalue weighted by Crippen LogP contribution is -2.48. The number of rotatable bonds is 4. The fourth-order valence-corrected chi connectivity index (χ4v) is 3.61. The van der Waals surface area contributed by atoms with E-state index in [-0.39, 0.29) is 6.10 Å². The zero-order valence-electron chi connectivity index (χ0n) is 12.1. The van der Waals surface area contributed by atoms with Crippen LogP contribution in [0.25, 0.3) is 0 Å². The number of likely N-dealkylation sites (N-methyl/N-ethyl adjacent to an activating group) is 2. The number of aliphatic hydroxyl groups is 1. The van der Waals surface area contributed by atoms with Gasteiger partial charge in [0.25, 0.3) is 0 Å². The van der Waals surface area contributed by atoms with E-state index in [0.29, 0.717) is 12.0 Å². The lowest BCUT2D eigenvalue weighted by atomic mass is 9.85. The smallest absolute Gasteiger partial charge is 0.0695 e. The molecule has 0 bridgehead atoms. The summed E-state index contributed by atoms with van der Waals surface area (Å²) >= 11 is 0. The molecule has 2 rings (SSSR count). The summed E-state index contributed by atoms with van der Waals surface area (Å²) in [5.41, 5.74) is 0. The van der Waals surface area contributed by atoms with E-state index in [1.807, 2.05) is 0 Å². The van der Waals surface area contributed by atoms with Crippen molar-refractivity contribution in [2.45, 2.75) is 57.1 Å². The number of hydrogen-bond acceptors (Lipinski definition) is 3. The van der Waals surface area contributed by atoms with E-state index >= 15 is 0 Å². The Morgan fingerprint density at radius 1 is 1.17 bits per heavy atom. The van der Waals surface area contributed by atoms with Gasteiger partial charge in [-0.1, -0.05) is 19.3 Å². The van der Waals surface area contributed by atoms with Crippen molar-refractivity contribution in [2.24, 2.45) is 5.92 Å². The van der Waals surface area contributed by atoms with E-state index < -0.39 is 0 Å². The molecule has 3 nitrogen and oxygen atoms in total. The van der Waals surface area contributed by atoms with Crippen molar-refractivity contribution in [3.8, 4) is 0 Å². The first-order chi connectivity index (χ1) is 8.66. The van der Waals surface area contributed by atoms with Crippen LogP contribution in [0.3, 0.4) is 0 Å². The molecule has 2 fully saturated rings. The van der Waals surface area contributed by atoms with Crippen LogP contribution in [0.2, 0.25) is 0 Å². The molecule has 1 N–H and O–H groups in total. The summed E-state index contributed by atoms with van der Waals surface area (Å²) in [5, 5.41) is 10.4. The summed E-state index contributed by atoms with van der Waals surface area (Å²) in [5.74, 6) is 0.558. The van der Waals surface area contributed by atoms with Crippen molar-refractivity contribution in [1.29, 1.82) is 0 Å². The fourth-order valence-electron chi connectivity index (χ4n) is 3.61. The van der Waals surface area contributed by atoms with Gasteiger partial charge in [-0.2, -0.15) is 0 Å². The predicted molar refractivity (Wildman–Crippen MR) is 75.7 cm³/mol. The van der Waals surface area contributed by atoms with Gasteiger partial charge in [-0.3, -0.25) is 4.90 Å². The summed E-state index contributed by atoms with van der Waals surface area (Å²) in [4.78, 5) is 4.81. The van der Waals surface area contributed by atoms with Crippen LogP contribution in [0, 0.1) is 5.92 Å². The first-order valence-corrected chi connectivity index (χ1v) is 7.73. The lowest BCUT2D eigenvalue weighted by Gasteiger charge is -2.38. The maximum Gasteiger partial charge on any atom is 0.0695 e. The Kier molecular flexibility index (Phi) is 5.46. The van der Waals surface area contributed by atoms with Gasteiger partial charge in [0.05, 0.1) is 6.10 Å². The molecule has 0 radical (unpaired) electrons. The topological polar surface area (TPSA) is 26.7 Å². The summed E-state index contributed by atoms with van der Waals surface area (Å²) in [6, 6.07) is 0.641. The van der Waals surface area contributed by atoms with Gasteiger partial charge in [0.2, 0.25) is 0 Å². The maximum absolute atomic E-state index is 10.4. The van der Waals surface area contributed by atoms with Crippen molar-refractivity contribution in [1.82, 2.24) is 9.80 Å². The number of likely N-dealkylation sites (tertiary alicyclic amines) is 1. The lowest BCUT2D eigenvalue weighted by molar-refractivity contribution is 0.0304. The number of hydrogen-bond donors (Lipinski definition) is 1. The second-order valence-corrected chi connectivity index (χ2v) is 6.46. The van der Waals surface area contributed by atoms with Gasteiger partial charge >= 0.3 is 0 Å². The van der Waals surface area contributed by atoms with Crippen LogP contribution in [0.15, 0.2) is 0 Å². The molecule has 2 aliphatic rings. The summed E-state index contributed by atoms with van der Waals surface area (Å²) < 4.78 is 0. The molecular weight excluding hydrogens is 224 g/mol. The Labute approximate surface area is 112 Å². The zero-order valence-corrected chi connectivity index (χ0v) is 12.1. The highest BCUT2D eigenvalue weighted by atomic mass is 16.3. The number of aliphatic hydroxyl groups excluding tert-OH is 1. The molecule has 0 aromatic rings. The molecule has 0 aromatic heterocycles. The Hall–Kier alpha value is -0.120. The average Bonchev–Trinajstić information content (AvgIpc) is 2.39. The maximum atomic E-state index is 10.4. The molecule has 3 heteroatoms. The Morgan fingerprint density at radius 2 is 1.89 bits per heavy atom. The molecule has 1 aliphatic carbocycles. The Bertz CT molecular complexity index is 241. The van der Waals surface area contributed by atoms with Crippen molar-refractivity contribution in [3.05, 3.63) is 0 Å². The van der Waals surface area contributed by atoms with E-state index in [1.54, 1.807) is 0 Å². The summed E-state index contributed by atoms with van der Waals surface area (Å²) in [6.07, 6.45) is 8.95. The van der Waals surface area contributed by atoms with Crippen LogP contribution in [-0.2, 0) is 0 Å². The zero-order chi connectivity index (χ0) is 13.0. The number of nitrogens with zero attached hydrogens (tertiary/aromatic N) is 2. The third-order valence-corrected chi connectivity index (χ3v) is 4.89. The predicted octanol–water partition coefficient (Wildman–Crippen LogP) is 1.95. The molecule has 18 heavy (non-hydrogen) atoms. The molecule has 1 aliphatic heterocycles. The minimum atomic E-state index is -0.109. The van der Waals surface area contributed by atoms with Gasteiger partial charge in [0.1, 0.15) is 0 Å². The molecule has 1 saturated heterocycles. The van der Waals surface area contributed by atoms with Gasteiger partial charge in [-0.05, 0) is 52.2 Å². The highest BCUT2D eigenvalue weighted by Crippen LogP contribution is 2.27. The third kappa shape index (κ3) is 3.94. The summed E-state index contributed by atoms with van der Waals surface area (Å²) in [6.45, 7) is 3.26. The Morgan fingerprint density at radius 3 is 2.56 bits per heavy atom. The van der Waals surface area contributed by atoms with Crippen molar-refractivity contribution < 1.29 is 5.11 Å². The normalized spacial score (nSPS) is 29.7. The molecule has 0 spiro atoms. The van der Waals surface area contributed by atoms with Gasteiger partial charge in [0.15, 0.2) is 0 Å². The van der Waals surface area contributed by atoms with Crippen LogP contribution in [-0.4, -0.2) is 60.8 Å². The number of piperidine rings is 1. The SMILES string of the molecule is CN1CCCC(N(C)CC(O)C2CCCCC2)C1. The molecule has 2 unspecified atom stereocenters. The van der Waals surface area contributed by atoms with E-state index in [2.05, 4.69) is 23.9 Å². The second-order valence-electron chi connectivity index (χ2n) is 6.46. The van der Waals surface area contributed by atoms with E-state index in [9.17, 15) is 5.11 Å². The van der Waals surface area contributed by atoms with Crippen LogP contribution in [0.1, 0.15) is 44.9 Å². The minimum Gasteiger partial charge on any atom is -0.392 e. The highest BCUT2D eigenvalue weighted by Gasteiger charge is 2.26. The van der Waals surface area contributed by atoms with Crippen molar-refractivity contribution in [2.75, 3.05) is 33.7 Å². The largest absolute Gasteiger partial charge is 0.392 e. The van der Waals surface area contributed by atoms with Gasteiger partial charge in [-0.15, -0.1) is 0 Å². The van der Waals surface area contributed by atoms with Crippen molar-refractivity contribution >= 4 is 0 Å². The minimum absolute atomic E-state index is 0.109.